The third kappa shape index (κ3) is 4.35. The molecule has 0 aromatic heterocycles. The molecule has 5 heteroatoms. The van der Waals surface area contributed by atoms with Gasteiger partial charge in [-0.25, -0.2) is 0 Å². The van der Waals surface area contributed by atoms with Crippen molar-refractivity contribution in [2.24, 2.45) is 0 Å². The van der Waals surface area contributed by atoms with Crippen molar-refractivity contribution < 1.29 is 9.59 Å². The summed E-state index contributed by atoms with van der Waals surface area (Å²) in [6, 6.07) is 5.81. The molecule has 0 unspecified atom stereocenters. The Morgan fingerprint density at radius 2 is 2.11 bits per heavy atom. The van der Waals surface area contributed by atoms with Crippen LogP contribution in [0.5, 0.6) is 0 Å². The molecule has 0 saturated heterocycles. The normalized spacial score (nSPS) is 14.0. The molecule has 1 aromatic carbocycles. The first-order valence-electron chi connectivity index (χ1n) is 6.40. The van der Waals surface area contributed by atoms with E-state index in [0.717, 1.165) is 22.9 Å². The summed E-state index contributed by atoms with van der Waals surface area (Å²) < 4.78 is 0.980. The Morgan fingerprint density at radius 1 is 1.37 bits per heavy atom. The molecule has 0 heterocycles. The zero-order valence-corrected chi connectivity index (χ0v) is 12.4. The Bertz CT molecular complexity index is 498. The molecular weight excluding hydrogens is 308 g/mol. The van der Waals surface area contributed by atoms with Gasteiger partial charge in [-0.2, -0.15) is 0 Å². The third-order valence-corrected chi connectivity index (χ3v) is 3.89. The van der Waals surface area contributed by atoms with E-state index in [1.165, 1.54) is 0 Å². The Morgan fingerprint density at radius 3 is 2.74 bits per heavy atom. The van der Waals surface area contributed by atoms with Crippen LogP contribution >= 0.6 is 15.9 Å². The fourth-order valence-electron chi connectivity index (χ4n) is 1.71. The van der Waals surface area contributed by atoms with Crippen molar-refractivity contribution in [3.05, 3.63) is 33.8 Å². The van der Waals surface area contributed by atoms with E-state index in [0.29, 0.717) is 24.6 Å². The highest BCUT2D eigenvalue weighted by Gasteiger charge is 2.22. The molecule has 4 nitrogen and oxygen atoms in total. The van der Waals surface area contributed by atoms with Crippen LogP contribution in [0.25, 0.3) is 0 Å². The second-order valence-electron chi connectivity index (χ2n) is 4.81. The molecule has 1 aromatic rings. The molecule has 1 saturated carbocycles. The summed E-state index contributed by atoms with van der Waals surface area (Å²) in [6.07, 6.45) is 2.49. The minimum absolute atomic E-state index is 0.00906. The summed E-state index contributed by atoms with van der Waals surface area (Å²) in [4.78, 5) is 23.3. The lowest BCUT2D eigenvalue weighted by molar-refractivity contribution is -0.121. The summed E-state index contributed by atoms with van der Waals surface area (Å²) in [6.45, 7) is 2.30. The maximum Gasteiger partial charge on any atom is 0.251 e. The van der Waals surface area contributed by atoms with Crippen LogP contribution in [0, 0.1) is 6.92 Å². The lowest BCUT2D eigenvalue weighted by Gasteiger charge is -2.07. The van der Waals surface area contributed by atoms with Crippen LogP contribution < -0.4 is 10.6 Å². The van der Waals surface area contributed by atoms with E-state index in [4.69, 9.17) is 0 Å². The SMILES string of the molecule is Cc1cc(C(=O)NCCC(=O)NC2CC2)ccc1Br. The molecular formula is C14H17BrN2O2. The van der Waals surface area contributed by atoms with E-state index in [2.05, 4.69) is 26.6 Å². The van der Waals surface area contributed by atoms with E-state index in [1.54, 1.807) is 6.07 Å². The van der Waals surface area contributed by atoms with Gasteiger partial charge in [0.05, 0.1) is 0 Å². The zero-order valence-electron chi connectivity index (χ0n) is 10.8. The van der Waals surface area contributed by atoms with Gasteiger partial charge in [-0.1, -0.05) is 15.9 Å². The van der Waals surface area contributed by atoms with Crippen LogP contribution in [0.15, 0.2) is 22.7 Å². The molecule has 2 amide bonds. The minimum Gasteiger partial charge on any atom is -0.353 e. The van der Waals surface area contributed by atoms with E-state index < -0.39 is 0 Å². The van der Waals surface area contributed by atoms with E-state index in [-0.39, 0.29) is 11.8 Å². The topological polar surface area (TPSA) is 58.2 Å². The number of aryl methyl sites for hydroxylation is 1. The van der Waals surface area contributed by atoms with Gasteiger partial charge in [0.1, 0.15) is 0 Å². The van der Waals surface area contributed by atoms with E-state index in [1.807, 2.05) is 19.1 Å². The van der Waals surface area contributed by atoms with Crippen molar-refractivity contribution in [1.29, 1.82) is 0 Å². The first kappa shape index (κ1) is 14.1. The smallest absolute Gasteiger partial charge is 0.251 e. The van der Waals surface area contributed by atoms with Gasteiger partial charge in [-0.3, -0.25) is 9.59 Å². The largest absolute Gasteiger partial charge is 0.353 e. The molecule has 102 valence electrons. The molecule has 0 atom stereocenters. The number of carbonyl (C=O) groups is 2. The Labute approximate surface area is 121 Å². The van der Waals surface area contributed by atoms with Crippen molar-refractivity contribution in [2.45, 2.75) is 32.2 Å². The molecule has 0 bridgehead atoms. The number of carbonyl (C=O) groups excluding carboxylic acids is 2. The number of benzene rings is 1. The van der Waals surface area contributed by atoms with Crippen LogP contribution in [0.1, 0.15) is 35.2 Å². The number of hydrogen-bond donors (Lipinski definition) is 2. The standard InChI is InChI=1S/C14H17BrN2O2/c1-9-8-10(2-5-12(9)15)14(19)16-7-6-13(18)17-11-3-4-11/h2,5,8,11H,3-4,6-7H2,1H3,(H,16,19)(H,17,18). The summed E-state index contributed by atoms with van der Waals surface area (Å²) in [5.41, 5.74) is 1.63. The number of rotatable bonds is 5. The molecule has 19 heavy (non-hydrogen) atoms. The highest BCUT2D eigenvalue weighted by atomic mass is 79.9. The summed E-state index contributed by atoms with van der Waals surface area (Å²) >= 11 is 3.39. The number of halogens is 1. The van der Waals surface area contributed by atoms with Crippen molar-refractivity contribution in [1.82, 2.24) is 10.6 Å². The monoisotopic (exact) mass is 324 g/mol. The van der Waals surface area contributed by atoms with Gasteiger partial charge in [-0.05, 0) is 43.5 Å². The van der Waals surface area contributed by atoms with Crippen LogP contribution in [-0.2, 0) is 4.79 Å². The third-order valence-electron chi connectivity index (χ3n) is 3.00. The van der Waals surface area contributed by atoms with Crippen LogP contribution in [0.3, 0.4) is 0 Å². The predicted octanol–water partition coefficient (Wildman–Crippen LogP) is 2.16. The average Bonchev–Trinajstić information content (AvgIpc) is 3.16. The quantitative estimate of drug-likeness (QED) is 0.872. The van der Waals surface area contributed by atoms with Gasteiger partial charge in [0, 0.05) is 29.0 Å². The van der Waals surface area contributed by atoms with Crippen molar-refractivity contribution >= 4 is 27.7 Å². The molecule has 1 aliphatic rings. The Balaban J connectivity index is 1.76. The summed E-state index contributed by atoms with van der Waals surface area (Å²) in [7, 11) is 0. The van der Waals surface area contributed by atoms with Gasteiger partial charge in [-0.15, -0.1) is 0 Å². The molecule has 2 N–H and O–H groups in total. The molecule has 0 spiro atoms. The number of hydrogen-bond acceptors (Lipinski definition) is 2. The Kier molecular flexibility index (Phi) is 4.58. The predicted molar refractivity (Wildman–Crippen MR) is 77.0 cm³/mol. The van der Waals surface area contributed by atoms with Gasteiger partial charge in [0.15, 0.2) is 0 Å². The van der Waals surface area contributed by atoms with Crippen LogP contribution in [0.4, 0.5) is 0 Å². The lowest BCUT2D eigenvalue weighted by Crippen LogP contribution is -2.31. The van der Waals surface area contributed by atoms with E-state index in [9.17, 15) is 9.59 Å². The van der Waals surface area contributed by atoms with E-state index >= 15 is 0 Å². The van der Waals surface area contributed by atoms with Crippen molar-refractivity contribution in [3.63, 3.8) is 0 Å². The lowest BCUT2D eigenvalue weighted by atomic mass is 10.1. The fraction of sp³-hybridized carbons (Fsp3) is 0.429. The maximum absolute atomic E-state index is 11.9. The molecule has 1 aliphatic carbocycles. The number of nitrogens with one attached hydrogen (secondary N) is 2. The molecule has 2 rings (SSSR count). The van der Waals surface area contributed by atoms with Gasteiger partial charge in [0.2, 0.25) is 5.91 Å². The first-order valence-corrected chi connectivity index (χ1v) is 7.19. The first-order chi connectivity index (χ1) is 9.06. The molecule has 1 fully saturated rings. The van der Waals surface area contributed by atoms with Crippen molar-refractivity contribution in [3.8, 4) is 0 Å². The van der Waals surface area contributed by atoms with Gasteiger partial charge >= 0.3 is 0 Å². The van der Waals surface area contributed by atoms with Crippen LogP contribution in [0.2, 0.25) is 0 Å². The zero-order chi connectivity index (χ0) is 13.8. The average molecular weight is 325 g/mol. The summed E-state index contributed by atoms with van der Waals surface area (Å²) in [5.74, 6) is -0.135. The van der Waals surface area contributed by atoms with Gasteiger partial charge in [0.25, 0.3) is 5.91 Å². The second kappa shape index (κ2) is 6.19. The molecule has 0 aliphatic heterocycles. The highest BCUT2D eigenvalue weighted by molar-refractivity contribution is 9.10. The van der Waals surface area contributed by atoms with Crippen LogP contribution in [-0.4, -0.2) is 24.4 Å². The van der Waals surface area contributed by atoms with Crippen molar-refractivity contribution in [2.75, 3.05) is 6.54 Å². The molecule has 0 radical (unpaired) electrons. The second-order valence-corrected chi connectivity index (χ2v) is 5.67. The summed E-state index contributed by atoms with van der Waals surface area (Å²) in [5, 5.41) is 5.64. The maximum atomic E-state index is 11.9. The Hall–Kier alpha value is -1.36. The number of amides is 2. The minimum atomic E-state index is -0.144. The fourth-order valence-corrected chi connectivity index (χ4v) is 1.95. The highest BCUT2D eigenvalue weighted by Crippen LogP contribution is 2.18. The van der Waals surface area contributed by atoms with Gasteiger partial charge < -0.3 is 10.6 Å².